The number of nitrogens with zero attached hydrogens (tertiary/aromatic N) is 3. The van der Waals surface area contributed by atoms with E-state index in [2.05, 4.69) is 9.62 Å². The molecular formula is C27H36N4O5S2. The highest BCUT2D eigenvalue weighted by atomic mass is 32.2. The molecule has 3 fully saturated rings. The van der Waals surface area contributed by atoms with Crippen molar-refractivity contribution in [1.29, 1.82) is 0 Å². The minimum atomic E-state index is -3.89. The second-order valence-electron chi connectivity index (χ2n) is 10.3. The normalized spacial score (nSPS) is 22.8. The van der Waals surface area contributed by atoms with Crippen molar-refractivity contribution in [2.24, 2.45) is 0 Å². The van der Waals surface area contributed by atoms with Gasteiger partial charge < -0.3 is 19.4 Å². The molecule has 1 aromatic carbocycles. The number of carbonyl (C=O) groups is 2. The first-order valence-corrected chi connectivity index (χ1v) is 15.8. The molecular weight excluding hydrogens is 524 g/mol. The van der Waals surface area contributed by atoms with E-state index >= 15 is 0 Å². The molecule has 38 heavy (non-hydrogen) atoms. The Morgan fingerprint density at radius 2 is 1.76 bits per heavy atom. The van der Waals surface area contributed by atoms with Crippen LogP contribution in [0.1, 0.15) is 38.5 Å². The predicted octanol–water partition coefficient (Wildman–Crippen LogP) is 2.78. The Kier molecular flexibility index (Phi) is 8.37. The van der Waals surface area contributed by atoms with Crippen LogP contribution < -0.4 is 9.46 Å². The lowest BCUT2D eigenvalue weighted by Gasteiger charge is -2.34. The minimum absolute atomic E-state index is 0.00812. The number of hydrogen-bond acceptors (Lipinski definition) is 7. The third-order valence-corrected chi connectivity index (χ3v) is 10.7. The monoisotopic (exact) mass is 560 g/mol. The molecule has 2 aromatic rings. The van der Waals surface area contributed by atoms with Crippen LogP contribution in [0.5, 0.6) is 5.75 Å². The predicted molar refractivity (Wildman–Crippen MR) is 147 cm³/mol. The van der Waals surface area contributed by atoms with Crippen molar-refractivity contribution in [2.45, 2.75) is 54.8 Å². The second-order valence-corrected chi connectivity index (χ2v) is 13.2. The molecule has 206 valence electrons. The highest BCUT2D eigenvalue weighted by Crippen LogP contribution is 2.30. The number of piperidine rings is 1. The van der Waals surface area contributed by atoms with Crippen LogP contribution in [-0.4, -0.2) is 93.4 Å². The molecule has 3 aliphatic heterocycles. The van der Waals surface area contributed by atoms with Gasteiger partial charge in [-0.05, 0) is 86.3 Å². The van der Waals surface area contributed by atoms with Gasteiger partial charge in [0.1, 0.15) is 16.0 Å². The summed E-state index contributed by atoms with van der Waals surface area (Å²) >= 11 is 1.12. The number of thiophene rings is 1. The molecule has 9 nitrogen and oxygen atoms in total. The average Bonchev–Trinajstić information content (AvgIpc) is 3.69. The van der Waals surface area contributed by atoms with Gasteiger partial charge in [0.15, 0.2) is 0 Å². The summed E-state index contributed by atoms with van der Waals surface area (Å²) in [6, 6.07) is 8.36. The lowest BCUT2D eigenvalue weighted by molar-refractivity contribution is -0.143. The summed E-state index contributed by atoms with van der Waals surface area (Å²) in [5.41, 5.74) is 1.67. The number of rotatable bonds is 9. The Labute approximate surface area is 228 Å². The van der Waals surface area contributed by atoms with E-state index in [1.54, 1.807) is 18.6 Å². The summed E-state index contributed by atoms with van der Waals surface area (Å²) in [6.07, 6.45) is 5.48. The van der Waals surface area contributed by atoms with E-state index in [-0.39, 0.29) is 28.6 Å². The number of sulfonamides is 1. The van der Waals surface area contributed by atoms with Gasteiger partial charge in [-0.25, -0.2) is 8.42 Å². The third kappa shape index (κ3) is 6.06. The average molecular weight is 561 g/mol. The summed E-state index contributed by atoms with van der Waals surface area (Å²) in [7, 11) is -2.29. The molecule has 1 N–H and O–H groups in total. The van der Waals surface area contributed by atoms with Gasteiger partial charge in [-0.15, -0.1) is 11.3 Å². The fourth-order valence-electron chi connectivity index (χ4n) is 5.72. The standard InChI is InChI=1S/C27H36N4O5S2/c1-36-23-10-8-20(9-11-23)21-16-26(37-19-21)38(34,35)28-24-7-5-14-30(27(24)33)18-25(32)31-15-4-6-22(31)17-29-12-2-3-13-29/h8-11,16,19,22,24,28H,2-7,12-15,17-18H2,1H3. The zero-order valence-corrected chi connectivity index (χ0v) is 23.4. The van der Waals surface area contributed by atoms with Crippen LogP contribution in [0, 0.1) is 0 Å². The highest BCUT2D eigenvalue weighted by molar-refractivity contribution is 7.91. The molecule has 4 heterocycles. The molecule has 3 saturated heterocycles. The van der Waals surface area contributed by atoms with Crippen molar-refractivity contribution in [3.63, 3.8) is 0 Å². The van der Waals surface area contributed by atoms with Crippen molar-refractivity contribution in [3.05, 3.63) is 35.7 Å². The topological polar surface area (TPSA) is 99.3 Å². The van der Waals surface area contributed by atoms with E-state index in [9.17, 15) is 18.0 Å². The fourth-order valence-corrected chi connectivity index (χ4v) is 8.14. The van der Waals surface area contributed by atoms with Gasteiger partial charge in [0, 0.05) is 25.7 Å². The molecule has 2 amide bonds. The molecule has 0 spiro atoms. The number of nitrogens with one attached hydrogen (secondary N) is 1. The van der Waals surface area contributed by atoms with Crippen LogP contribution in [-0.2, 0) is 19.6 Å². The summed E-state index contributed by atoms with van der Waals surface area (Å²) in [5, 5.41) is 1.79. The first-order valence-electron chi connectivity index (χ1n) is 13.4. The minimum Gasteiger partial charge on any atom is -0.497 e. The lowest BCUT2D eigenvalue weighted by Crippen LogP contribution is -2.55. The lowest BCUT2D eigenvalue weighted by atomic mass is 10.1. The first kappa shape index (κ1) is 27.1. The van der Waals surface area contributed by atoms with E-state index in [1.807, 2.05) is 29.2 Å². The van der Waals surface area contributed by atoms with Gasteiger partial charge in [-0.2, -0.15) is 4.72 Å². The van der Waals surface area contributed by atoms with Gasteiger partial charge in [-0.1, -0.05) is 12.1 Å². The van der Waals surface area contributed by atoms with Crippen molar-refractivity contribution >= 4 is 33.2 Å². The number of carbonyl (C=O) groups excluding carboxylic acids is 2. The van der Waals surface area contributed by atoms with Gasteiger partial charge >= 0.3 is 0 Å². The quantitative estimate of drug-likeness (QED) is 0.507. The number of likely N-dealkylation sites (tertiary alicyclic amines) is 3. The van der Waals surface area contributed by atoms with Crippen LogP contribution in [0.25, 0.3) is 11.1 Å². The highest BCUT2D eigenvalue weighted by Gasteiger charge is 2.36. The molecule has 5 rings (SSSR count). The van der Waals surface area contributed by atoms with Crippen molar-refractivity contribution in [2.75, 3.05) is 46.4 Å². The molecule has 0 radical (unpaired) electrons. The molecule has 11 heteroatoms. The maximum Gasteiger partial charge on any atom is 0.250 e. The number of ether oxygens (including phenoxy) is 1. The first-order chi connectivity index (χ1) is 18.3. The maximum absolute atomic E-state index is 13.2. The van der Waals surface area contributed by atoms with Crippen LogP contribution in [0.4, 0.5) is 0 Å². The van der Waals surface area contributed by atoms with Crippen LogP contribution in [0.15, 0.2) is 39.9 Å². The summed E-state index contributed by atoms with van der Waals surface area (Å²) in [5.74, 6) is 0.366. The Morgan fingerprint density at radius 1 is 1.03 bits per heavy atom. The van der Waals surface area contributed by atoms with Crippen molar-refractivity contribution in [3.8, 4) is 16.9 Å². The van der Waals surface area contributed by atoms with Crippen molar-refractivity contribution < 1.29 is 22.7 Å². The van der Waals surface area contributed by atoms with Crippen molar-refractivity contribution in [1.82, 2.24) is 19.4 Å². The molecule has 0 bridgehead atoms. The summed E-state index contributed by atoms with van der Waals surface area (Å²) in [6.45, 7) is 4.29. The molecule has 1 aromatic heterocycles. The molecule has 2 unspecified atom stereocenters. The molecule has 0 aliphatic carbocycles. The zero-order chi connectivity index (χ0) is 26.7. The number of methoxy groups -OCH3 is 1. The smallest absolute Gasteiger partial charge is 0.250 e. The van der Waals surface area contributed by atoms with E-state index < -0.39 is 16.1 Å². The van der Waals surface area contributed by atoms with E-state index in [1.165, 1.54) is 17.7 Å². The van der Waals surface area contributed by atoms with Crippen LogP contribution >= 0.6 is 11.3 Å². The SMILES string of the molecule is COc1ccc(-c2csc(S(=O)(=O)NC3CCCN(CC(=O)N4CCCC4CN4CCCC4)C3=O)c2)cc1. The summed E-state index contributed by atoms with van der Waals surface area (Å²) < 4.78 is 34.3. The third-order valence-electron chi connectivity index (χ3n) is 7.78. The largest absolute Gasteiger partial charge is 0.497 e. The molecule has 0 saturated carbocycles. The van der Waals surface area contributed by atoms with Crippen LogP contribution in [0.2, 0.25) is 0 Å². The Morgan fingerprint density at radius 3 is 2.50 bits per heavy atom. The number of hydrogen-bond donors (Lipinski definition) is 1. The Bertz CT molecular complexity index is 1240. The van der Waals surface area contributed by atoms with E-state index in [0.717, 1.165) is 67.2 Å². The van der Waals surface area contributed by atoms with Gasteiger partial charge in [-0.3, -0.25) is 9.59 Å². The molecule has 3 aliphatic rings. The Balaban J connectivity index is 1.20. The van der Waals surface area contributed by atoms with Gasteiger partial charge in [0.2, 0.25) is 11.8 Å². The number of benzene rings is 1. The Hall–Kier alpha value is -2.47. The van der Waals surface area contributed by atoms with E-state index in [0.29, 0.717) is 19.4 Å². The maximum atomic E-state index is 13.2. The van der Waals surface area contributed by atoms with Crippen LogP contribution in [0.3, 0.4) is 0 Å². The second kappa shape index (κ2) is 11.7. The molecule has 2 atom stereocenters. The van der Waals surface area contributed by atoms with Gasteiger partial charge in [0.05, 0.1) is 13.7 Å². The summed E-state index contributed by atoms with van der Waals surface area (Å²) in [4.78, 5) is 32.3. The van der Waals surface area contributed by atoms with E-state index in [4.69, 9.17) is 4.74 Å². The zero-order valence-electron chi connectivity index (χ0n) is 21.8. The van der Waals surface area contributed by atoms with Gasteiger partial charge in [0.25, 0.3) is 10.0 Å². The fraction of sp³-hybridized carbons (Fsp3) is 0.556. The number of amides is 2.